The SMILES string of the molecule is C=C/N=C(N)\N=C/C. The zero-order valence-corrected chi connectivity index (χ0v) is 4.83. The second kappa shape index (κ2) is 4.05. The Hall–Kier alpha value is -1.12. The van der Waals surface area contributed by atoms with E-state index in [0.29, 0.717) is 0 Å². The Bertz CT molecular complexity index is 124. The predicted octanol–water partition coefficient (Wildman–Crippen LogP) is 0.535. The standard InChI is InChI=1S/C5H9N3/c1-3-7-5(6)8-4-2/h3-4H,1H2,2H3,(H2,6,7)/b8-4-. The maximum absolute atomic E-state index is 5.18. The third-order valence-corrected chi connectivity index (χ3v) is 0.485. The number of hydrogen-bond acceptors (Lipinski definition) is 1. The van der Waals surface area contributed by atoms with Crippen molar-refractivity contribution in [1.29, 1.82) is 0 Å². The lowest BCUT2D eigenvalue weighted by Gasteiger charge is -1.82. The zero-order valence-electron chi connectivity index (χ0n) is 4.83. The van der Waals surface area contributed by atoms with Crippen molar-refractivity contribution >= 4 is 12.2 Å². The van der Waals surface area contributed by atoms with Gasteiger partial charge in [-0.15, -0.1) is 0 Å². The first-order valence-corrected chi connectivity index (χ1v) is 2.24. The van der Waals surface area contributed by atoms with Gasteiger partial charge in [-0.2, -0.15) is 0 Å². The van der Waals surface area contributed by atoms with E-state index >= 15 is 0 Å². The first-order chi connectivity index (χ1) is 3.81. The van der Waals surface area contributed by atoms with Crippen molar-refractivity contribution in [3.05, 3.63) is 12.8 Å². The Morgan fingerprint density at radius 2 is 2.38 bits per heavy atom. The van der Waals surface area contributed by atoms with E-state index in [-0.39, 0.29) is 5.96 Å². The van der Waals surface area contributed by atoms with Crippen LogP contribution < -0.4 is 5.73 Å². The summed E-state index contributed by atoms with van der Waals surface area (Å²) in [5, 5.41) is 0. The monoisotopic (exact) mass is 111 g/mol. The number of rotatable bonds is 1. The molecule has 0 heterocycles. The van der Waals surface area contributed by atoms with Crippen LogP contribution in [0.5, 0.6) is 0 Å². The third kappa shape index (κ3) is 3.08. The molecule has 0 fully saturated rings. The van der Waals surface area contributed by atoms with E-state index in [1.165, 1.54) is 6.20 Å². The van der Waals surface area contributed by atoms with Crippen molar-refractivity contribution in [1.82, 2.24) is 0 Å². The second-order valence-electron chi connectivity index (χ2n) is 1.06. The summed E-state index contributed by atoms with van der Waals surface area (Å²) in [5.41, 5.74) is 5.18. The van der Waals surface area contributed by atoms with Crippen LogP contribution in [-0.4, -0.2) is 12.2 Å². The molecule has 2 N–H and O–H groups in total. The molecule has 44 valence electrons. The topological polar surface area (TPSA) is 50.7 Å². The Labute approximate surface area is 48.6 Å². The fourth-order valence-corrected chi connectivity index (χ4v) is 0.259. The van der Waals surface area contributed by atoms with Crippen molar-refractivity contribution in [2.75, 3.05) is 0 Å². The molecule has 0 bridgehead atoms. The molecule has 0 spiro atoms. The van der Waals surface area contributed by atoms with Crippen molar-refractivity contribution in [2.24, 2.45) is 15.7 Å². The molecule has 0 saturated carbocycles. The number of aliphatic imine (C=N–C) groups is 2. The highest BCUT2D eigenvalue weighted by Crippen LogP contribution is 1.70. The van der Waals surface area contributed by atoms with E-state index in [2.05, 4.69) is 16.6 Å². The lowest BCUT2D eigenvalue weighted by Crippen LogP contribution is -2.06. The molecule has 0 aliphatic rings. The second-order valence-corrected chi connectivity index (χ2v) is 1.06. The Morgan fingerprint density at radius 1 is 1.75 bits per heavy atom. The van der Waals surface area contributed by atoms with Gasteiger partial charge in [0.2, 0.25) is 5.96 Å². The van der Waals surface area contributed by atoms with E-state index in [4.69, 9.17) is 5.73 Å². The summed E-state index contributed by atoms with van der Waals surface area (Å²) in [6.45, 7) is 5.11. The van der Waals surface area contributed by atoms with Gasteiger partial charge in [0.1, 0.15) is 0 Å². The smallest absolute Gasteiger partial charge is 0.219 e. The van der Waals surface area contributed by atoms with Crippen LogP contribution in [0.1, 0.15) is 6.92 Å². The highest BCUT2D eigenvalue weighted by atomic mass is 15.0. The molecular weight excluding hydrogens is 102 g/mol. The molecule has 0 rings (SSSR count). The van der Waals surface area contributed by atoms with Gasteiger partial charge in [-0.1, -0.05) is 6.58 Å². The molecule has 8 heavy (non-hydrogen) atoms. The molecule has 0 saturated heterocycles. The highest BCUT2D eigenvalue weighted by Gasteiger charge is 1.74. The maximum Gasteiger partial charge on any atom is 0.219 e. The molecule has 3 heteroatoms. The Morgan fingerprint density at radius 3 is 2.75 bits per heavy atom. The molecule has 0 aromatic rings. The van der Waals surface area contributed by atoms with E-state index in [0.717, 1.165) is 0 Å². The van der Waals surface area contributed by atoms with Crippen LogP contribution in [-0.2, 0) is 0 Å². The minimum absolute atomic E-state index is 0.238. The van der Waals surface area contributed by atoms with Gasteiger partial charge in [-0.3, -0.25) is 0 Å². The normalized spacial score (nSPS) is 12.4. The van der Waals surface area contributed by atoms with Crippen LogP contribution in [0.3, 0.4) is 0 Å². The summed E-state index contributed by atoms with van der Waals surface area (Å²) in [7, 11) is 0. The average Bonchev–Trinajstić information content (AvgIpc) is 1.68. The van der Waals surface area contributed by atoms with Gasteiger partial charge in [-0.05, 0) is 6.92 Å². The lowest BCUT2D eigenvalue weighted by molar-refractivity contribution is 1.44. The molecule has 0 amide bonds. The molecule has 0 aromatic heterocycles. The number of nitrogens with two attached hydrogens (primary N) is 1. The largest absolute Gasteiger partial charge is 0.368 e. The fourth-order valence-electron chi connectivity index (χ4n) is 0.259. The van der Waals surface area contributed by atoms with Crippen LogP contribution in [0.15, 0.2) is 22.8 Å². The summed E-state index contributed by atoms with van der Waals surface area (Å²) < 4.78 is 0. The minimum Gasteiger partial charge on any atom is -0.368 e. The Balaban J connectivity index is 3.79. The van der Waals surface area contributed by atoms with Crippen LogP contribution in [0, 0.1) is 0 Å². The van der Waals surface area contributed by atoms with Crippen LogP contribution in [0.4, 0.5) is 0 Å². The summed E-state index contributed by atoms with van der Waals surface area (Å²) in [6, 6.07) is 0. The fraction of sp³-hybridized carbons (Fsp3) is 0.200. The van der Waals surface area contributed by atoms with Gasteiger partial charge >= 0.3 is 0 Å². The third-order valence-electron chi connectivity index (χ3n) is 0.485. The van der Waals surface area contributed by atoms with Gasteiger partial charge in [-0.25, -0.2) is 9.98 Å². The van der Waals surface area contributed by atoms with E-state index in [9.17, 15) is 0 Å². The molecule has 0 radical (unpaired) electrons. The van der Waals surface area contributed by atoms with E-state index in [1.807, 2.05) is 0 Å². The summed E-state index contributed by atoms with van der Waals surface area (Å²) >= 11 is 0. The average molecular weight is 111 g/mol. The molecule has 0 aromatic carbocycles. The summed E-state index contributed by atoms with van der Waals surface area (Å²) in [6.07, 6.45) is 2.92. The number of nitrogens with zero attached hydrogens (tertiary/aromatic N) is 2. The molecule has 0 aliphatic heterocycles. The first-order valence-electron chi connectivity index (χ1n) is 2.24. The van der Waals surface area contributed by atoms with Crippen LogP contribution in [0.25, 0.3) is 0 Å². The number of guanidine groups is 1. The van der Waals surface area contributed by atoms with Crippen molar-refractivity contribution in [2.45, 2.75) is 6.92 Å². The highest BCUT2D eigenvalue weighted by molar-refractivity contribution is 5.86. The van der Waals surface area contributed by atoms with Crippen molar-refractivity contribution < 1.29 is 0 Å². The van der Waals surface area contributed by atoms with Crippen molar-refractivity contribution in [3.63, 3.8) is 0 Å². The van der Waals surface area contributed by atoms with Gasteiger partial charge in [0, 0.05) is 12.4 Å². The molecule has 3 nitrogen and oxygen atoms in total. The van der Waals surface area contributed by atoms with Gasteiger partial charge in [0.15, 0.2) is 0 Å². The maximum atomic E-state index is 5.18. The zero-order chi connectivity index (χ0) is 6.41. The van der Waals surface area contributed by atoms with E-state index in [1.54, 1.807) is 13.1 Å². The minimum atomic E-state index is 0.238. The van der Waals surface area contributed by atoms with Gasteiger partial charge < -0.3 is 5.73 Å². The van der Waals surface area contributed by atoms with E-state index < -0.39 is 0 Å². The van der Waals surface area contributed by atoms with Crippen molar-refractivity contribution in [3.8, 4) is 0 Å². The summed E-state index contributed by atoms with van der Waals surface area (Å²) in [5.74, 6) is 0.238. The quantitative estimate of drug-likeness (QED) is 0.389. The lowest BCUT2D eigenvalue weighted by atomic mass is 10.8. The Kier molecular flexibility index (Phi) is 3.48. The van der Waals surface area contributed by atoms with Crippen LogP contribution in [0.2, 0.25) is 0 Å². The predicted molar refractivity (Wildman–Crippen MR) is 36.0 cm³/mol. The molecule has 0 unspecified atom stereocenters. The first kappa shape index (κ1) is 6.88. The number of hydrogen-bond donors (Lipinski definition) is 1. The molecular formula is C5H9N3. The molecule has 0 atom stereocenters. The van der Waals surface area contributed by atoms with Gasteiger partial charge in [0.05, 0.1) is 0 Å². The van der Waals surface area contributed by atoms with Gasteiger partial charge in [0.25, 0.3) is 0 Å². The van der Waals surface area contributed by atoms with Crippen LogP contribution >= 0.6 is 0 Å². The summed E-state index contributed by atoms with van der Waals surface area (Å²) in [4.78, 5) is 7.22. The molecule has 0 aliphatic carbocycles.